The Morgan fingerprint density at radius 3 is 2.58 bits per heavy atom. The van der Waals surface area contributed by atoms with Gasteiger partial charge in [-0.3, -0.25) is 4.79 Å². The average molecular weight is 170 g/mol. The molecule has 1 N–H and O–H groups in total. The smallest absolute Gasteiger partial charge is 0.307 e. The van der Waals surface area contributed by atoms with Crippen molar-refractivity contribution < 1.29 is 9.90 Å². The first-order chi connectivity index (χ1) is 5.63. The normalized spacial score (nSPS) is 15.2. The number of aliphatic carboxylic acids is 1. The predicted molar refractivity (Wildman–Crippen MR) is 50.0 cm³/mol. The van der Waals surface area contributed by atoms with Gasteiger partial charge >= 0.3 is 5.97 Å². The monoisotopic (exact) mass is 170 g/mol. The molecule has 0 aromatic carbocycles. The van der Waals surface area contributed by atoms with E-state index in [0.29, 0.717) is 6.42 Å². The molecular weight excluding hydrogens is 152 g/mol. The van der Waals surface area contributed by atoms with Crippen LogP contribution in [0.1, 0.15) is 33.1 Å². The van der Waals surface area contributed by atoms with E-state index < -0.39 is 5.97 Å². The van der Waals surface area contributed by atoms with Crippen molar-refractivity contribution in [3.8, 4) is 0 Å². The highest BCUT2D eigenvalue weighted by molar-refractivity contribution is 5.70. The molecule has 0 aliphatic carbocycles. The fourth-order valence-corrected chi connectivity index (χ4v) is 1.41. The van der Waals surface area contributed by atoms with Crippen LogP contribution in [0.5, 0.6) is 0 Å². The summed E-state index contributed by atoms with van der Waals surface area (Å²) in [5, 5.41) is 8.85. The molecule has 0 aromatic rings. The second-order valence-electron chi connectivity index (χ2n) is 3.24. The van der Waals surface area contributed by atoms with E-state index in [1.807, 2.05) is 6.92 Å². The average Bonchev–Trinajstić information content (AvgIpc) is 1.99. The highest BCUT2D eigenvalue weighted by Crippen LogP contribution is 2.20. The Bertz CT molecular complexity index is 152. The highest BCUT2D eigenvalue weighted by Gasteiger charge is 2.21. The van der Waals surface area contributed by atoms with Crippen LogP contribution in [0.4, 0.5) is 0 Å². The van der Waals surface area contributed by atoms with Gasteiger partial charge in [0.1, 0.15) is 0 Å². The standard InChI is InChI=1S/C10H18O2/c1-4-6-8(3)9(7-5-2)10(11)12/h5,8-9H,2,4,6-7H2,1,3H3,(H,11,12). The lowest BCUT2D eigenvalue weighted by Gasteiger charge is -2.17. The SMILES string of the molecule is C=CCC(C(=O)O)C(C)CCC. The summed E-state index contributed by atoms with van der Waals surface area (Å²) in [6.07, 6.45) is 4.29. The quantitative estimate of drug-likeness (QED) is 0.622. The van der Waals surface area contributed by atoms with Crippen molar-refractivity contribution >= 4 is 5.97 Å². The van der Waals surface area contributed by atoms with Crippen LogP contribution in [0.25, 0.3) is 0 Å². The minimum absolute atomic E-state index is 0.248. The first kappa shape index (κ1) is 11.2. The van der Waals surface area contributed by atoms with Gasteiger partial charge in [-0.15, -0.1) is 6.58 Å². The Morgan fingerprint density at radius 1 is 1.67 bits per heavy atom. The Labute approximate surface area is 74.3 Å². The molecule has 0 radical (unpaired) electrons. The summed E-state index contributed by atoms with van der Waals surface area (Å²) in [7, 11) is 0. The van der Waals surface area contributed by atoms with E-state index in [9.17, 15) is 4.79 Å². The summed E-state index contributed by atoms with van der Waals surface area (Å²) in [5.41, 5.74) is 0. The minimum Gasteiger partial charge on any atom is -0.481 e. The van der Waals surface area contributed by atoms with Crippen molar-refractivity contribution in [1.82, 2.24) is 0 Å². The van der Waals surface area contributed by atoms with Gasteiger partial charge < -0.3 is 5.11 Å². The molecule has 0 aliphatic rings. The first-order valence-corrected chi connectivity index (χ1v) is 4.47. The second kappa shape index (κ2) is 5.81. The van der Waals surface area contributed by atoms with Gasteiger partial charge in [-0.05, 0) is 12.3 Å². The number of hydrogen-bond acceptors (Lipinski definition) is 1. The Kier molecular flexibility index (Phi) is 5.43. The summed E-state index contributed by atoms with van der Waals surface area (Å²) >= 11 is 0. The van der Waals surface area contributed by atoms with Crippen LogP contribution < -0.4 is 0 Å². The molecule has 0 rings (SSSR count). The van der Waals surface area contributed by atoms with Crippen LogP contribution in [0.2, 0.25) is 0 Å². The molecule has 0 aromatic heterocycles. The maximum Gasteiger partial charge on any atom is 0.307 e. The number of carbonyl (C=O) groups is 1. The van der Waals surface area contributed by atoms with Crippen LogP contribution in [-0.4, -0.2) is 11.1 Å². The number of carboxylic acid groups (broad SMARTS) is 1. The third-order valence-electron chi connectivity index (χ3n) is 2.17. The molecule has 0 amide bonds. The number of hydrogen-bond donors (Lipinski definition) is 1. The Balaban J connectivity index is 4.08. The molecule has 0 aliphatic heterocycles. The van der Waals surface area contributed by atoms with Crippen LogP contribution in [-0.2, 0) is 4.79 Å². The van der Waals surface area contributed by atoms with Crippen molar-refractivity contribution in [2.45, 2.75) is 33.1 Å². The molecule has 2 unspecified atom stereocenters. The lowest BCUT2D eigenvalue weighted by atomic mass is 9.88. The van der Waals surface area contributed by atoms with Crippen LogP contribution >= 0.6 is 0 Å². The Hall–Kier alpha value is -0.790. The Morgan fingerprint density at radius 2 is 2.25 bits per heavy atom. The molecule has 0 spiro atoms. The molecule has 0 heterocycles. The summed E-state index contributed by atoms with van der Waals surface area (Å²) in [6.45, 7) is 7.63. The van der Waals surface area contributed by atoms with Crippen LogP contribution in [0.3, 0.4) is 0 Å². The summed E-state index contributed by atoms with van der Waals surface area (Å²) in [6, 6.07) is 0. The number of rotatable bonds is 6. The van der Waals surface area contributed by atoms with Gasteiger partial charge in [0.05, 0.1) is 5.92 Å². The highest BCUT2D eigenvalue weighted by atomic mass is 16.4. The minimum atomic E-state index is -0.698. The van der Waals surface area contributed by atoms with E-state index in [-0.39, 0.29) is 11.8 Å². The largest absolute Gasteiger partial charge is 0.481 e. The van der Waals surface area contributed by atoms with Gasteiger partial charge in [0.15, 0.2) is 0 Å². The number of carboxylic acids is 1. The maximum atomic E-state index is 10.8. The van der Waals surface area contributed by atoms with E-state index >= 15 is 0 Å². The lowest BCUT2D eigenvalue weighted by molar-refractivity contribution is -0.143. The molecular formula is C10H18O2. The van der Waals surface area contributed by atoms with Crippen molar-refractivity contribution in [2.75, 3.05) is 0 Å². The van der Waals surface area contributed by atoms with E-state index in [4.69, 9.17) is 5.11 Å². The first-order valence-electron chi connectivity index (χ1n) is 4.47. The zero-order valence-corrected chi connectivity index (χ0v) is 7.92. The van der Waals surface area contributed by atoms with Crippen molar-refractivity contribution in [1.29, 1.82) is 0 Å². The molecule has 12 heavy (non-hydrogen) atoms. The van der Waals surface area contributed by atoms with Crippen LogP contribution in [0, 0.1) is 11.8 Å². The maximum absolute atomic E-state index is 10.8. The third-order valence-corrected chi connectivity index (χ3v) is 2.17. The zero-order valence-electron chi connectivity index (χ0n) is 7.92. The summed E-state index contributed by atoms with van der Waals surface area (Å²) < 4.78 is 0. The summed E-state index contributed by atoms with van der Waals surface area (Å²) in [4.78, 5) is 10.8. The van der Waals surface area contributed by atoms with E-state index in [0.717, 1.165) is 12.8 Å². The lowest BCUT2D eigenvalue weighted by Crippen LogP contribution is -2.20. The molecule has 0 fully saturated rings. The van der Waals surface area contributed by atoms with E-state index in [1.54, 1.807) is 6.08 Å². The van der Waals surface area contributed by atoms with Crippen LogP contribution in [0.15, 0.2) is 12.7 Å². The van der Waals surface area contributed by atoms with Crippen molar-refractivity contribution in [3.05, 3.63) is 12.7 Å². The van der Waals surface area contributed by atoms with Gasteiger partial charge in [0.25, 0.3) is 0 Å². The van der Waals surface area contributed by atoms with Crippen molar-refractivity contribution in [2.24, 2.45) is 11.8 Å². The molecule has 0 saturated carbocycles. The zero-order chi connectivity index (χ0) is 9.56. The second-order valence-corrected chi connectivity index (χ2v) is 3.24. The van der Waals surface area contributed by atoms with Gasteiger partial charge in [-0.2, -0.15) is 0 Å². The molecule has 0 bridgehead atoms. The predicted octanol–water partition coefficient (Wildman–Crippen LogP) is 2.70. The van der Waals surface area contributed by atoms with Gasteiger partial charge in [-0.25, -0.2) is 0 Å². The summed E-state index contributed by atoms with van der Waals surface area (Å²) in [5.74, 6) is -0.691. The number of allylic oxidation sites excluding steroid dienone is 1. The molecule has 2 nitrogen and oxygen atoms in total. The molecule has 2 heteroatoms. The van der Waals surface area contributed by atoms with Gasteiger partial charge in [-0.1, -0.05) is 32.8 Å². The van der Waals surface area contributed by atoms with Crippen molar-refractivity contribution in [3.63, 3.8) is 0 Å². The third kappa shape index (κ3) is 3.56. The topological polar surface area (TPSA) is 37.3 Å². The van der Waals surface area contributed by atoms with Gasteiger partial charge in [0.2, 0.25) is 0 Å². The molecule has 70 valence electrons. The van der Waals surface area contributed by atoms with Gasteiger partial charge in [0, 0.05) is 0 Å². The molecule has 2 atom stereocenters. The molecule has 0 saturated heterocycles. The van der Waals surface area contributed by atoms with E-state index in [2.05, 4.69) is 13.5 Å². The fraction of sp³-hybridized carbons (Fsp3) is 0.700. The fourth-order valence-electron chi connectivity index (χ4n) is 1.41. The van der Waals surface area contributed by atoms with E-state index in [1.165, 1.54) is 0 Å².